The van der Waals surface area contributed by atoms with Crippen LogP contribution in [0.25, 0.3) is 22.4 Å². The van der Waals surface area contributed by atoms with Crippen molar-refractivity contribution >= 4 is 11.0 Å². The highest BCUT2D eigenvalue weighted by molar-refractivity contribution is 5.80. The van der Waals surface area contributed by atoms with Gasteiger partial charge in [-0.25, -0.2) is 4.98 Å². The summed E-state index contributed by atoms with van der Waals surface area (Å²) in [7, 11) is 0. The molecule has 0 aliphatic carbocycles. The molecule has 6 heteroatoms. The van der Waals surface area contributed by atoms with Gasteiger partial charge in [-0.05, 0) is 48.9 Å². The Bertz CT molecular complexity index is 821. The Morgan fingerprint density at radius 2 is 1.86 bits per heavy atom. The highest BCUT2D eigenvalue weighted by Crippen LogP contribution is 2.32. The maximum atomic E-state index is 12.7. The average Bonchev–Trinajstić information content (AvgIpc) is 2.79. The van der Waals surface area contributed by atoms with Gasteiger partial charge in [-0.2, -0.15) is 13.2 Å². The molecule has 0 saturated carbocycles. The summed E-state index contributed by atoms with van der Waals surface area (Å²) in [6.07, 6.45) is -4.38. The zero-order valence-corrected chi connectivity index (χ0v) is 11.0. The molecule has 1 aromatic heterocycles. The standard InChI is InChI=1S/C15H11F3N2O/c1-8-6-10(21)3-4-11(8)14-19-12-5-2-9(15(16,17)18)7-13(12)20-14/h2-7,21H,1H3,(H,19,20). The number of H-pyrrole nitrogens is 1. The van der Waals surface area contributed by atoms with Crippen molar-refractivity contribution in [3.63, 3.8) is 0 Å². The smallest absolute Gasteiger partial charge is 0.416 e. The summed E-state index contributed by atoms with van der Waals surface area (Å²) in [6.45, 7) is 1.80. The topological polar surface area (TPSA) is 48.9 Å². The minimum absolute atomic E-state index is 0.131. The van der Waals surface area contributed by atoms with Gasteiger partial charge in [0.2, 0.25) is 0 Å². The van der Waals surface area contributed by atoms with Gasteiger partial charge in [-0.3, -0.25) is 0 Å². The van der Waals surface area contributed by atoms with E-state index in [1.807, 2.05) is 0 Å². The molecule has 3 rings (SSSR count). The van der Waals surface area contributed by atoms with Crippen molar-refractivity contribution in [3.05, 3.63) is 47.5 Å². The second-order valence-electron chi connectivity index (χ2n) is 4.81. The second kappa shape index (κ2) is 4.51. The van der Waals surface area contributed by atoms with Crippen LogP contribution in [0.2, 0.25) is 0 Å². The van der Waals surface area contributed by atoms with Gasteiger partial charge >= 0.3 is 6.18 Å². The molecular formula is C15H11F3N2O. The molecule has 0 fully saturated rings. The molecule has 0 aliphatic heterocycles. The monoisotopic (exact) mass is 292 g/mol. The van der Waals surface area contributed by atoms with Crippen LogP contribution < -0.4 is 0 Å². The normalized spacial score (nSPS) is 12.0. The Morgan fingerprint density at radius 1 is 1.10 bits per heavy atom. The summed E-state index contributed by atoms with van der Waals surface area (Å²) < 4.78 is 38.1. The second-order valence-corrected chi connectivity index (χ2v) is 4.81. The molecule has 0 unspecified atom stereocenters. The maximum absolute atomic E-state index is 12.7. The Hall–Kier alpha value is -2.50. The number of alkyl halides is 3. The number of hydrogen-bond acceptors (Lipinski definition) is 2. The average molecular weight is 292 g/mol. The zero-order chi connectivity index (χ0) is 15.2. The fourth-order valence-electron chi connectivity index (χ4n) is 2.23. The number of hydrogen-bond donors (Lipinski definition) is 2. The number of aromatic amines is 1. The Labute approximate surface area is 118 Å². The first kappa shape index (κ1) is 13.5. The van der Waals surface area contributed by atoms with Gasteiger partial charge in [0.25, 0.3) is 0 Å². The number of phenolic OH excluding ortho intramolecular Hbond substituents is 1. The highest BCUT2D eigenvalue weighted by Gasteiger charge is 2.30. The van der Waals surface area contributed by atoms with Gasteiger partial charge in [-0.1, -0.05) is 0 Å². The number of benzene rings is 2. The predicted octanol–water partition coefficient (Wildman–Crippen LogP) is 4.26. The van der Waals surface area contributed by atoms with Gasteiger partial charge in [-0.15, -0.1) is 0 Å². The molecule has 2 N–H and O–H groups in total. The Morgan fingerprint density at radius 3 is 2.52 bits per heavy atom. The largest absolute Gasteiger partial charge is 0.508 e. The molecule has 2 aromatic carbocycles. The van der Waals surface area contributed by atoms with Crippen molar-refractivity contribution in [2.24, 2.45) is 0 Å². The van der Waals surface area contributed by atoms with Crippen molar-refractivity contribution < 1.29 is 18.3 Å². The lowest BCUT2D eigenvalue weighted by atomic mass is 10.1. The van der Waals surface area contributed by atoms with Crippen LogP contribution in [0, 0.1) is 6.92 Å². The highest BCUT2D eigenvalue weighted by atomic mass is 19.4. The maximum Gasteiger partial charge on any atom is 0.416 e. The van der Waals surface area contributed by atoms with Crippen LogP contribution in [0.3, 0.4) is 0 Å². The number of aryl methyl sites for hydroxylation is 1. The van der Waals surface area contributed by atoms with E-state index in [9.17, 15) is 18.3 Å². The van der Waals surface area contributed by atoms with Crippen molar-refractivity contribution in [1.82, 2.24) is 9.97 Å². The predicted molar refractivity (Wildman–Crippen MR) is 72.9 cm³/mol. The summed E-state index contributed by atoms with van der Waals surface area (Å²) in [4.78, 5) is 7.18. The third kappa shape index (κ3) is 2.44. The number of phenols is 1. The number of aromatic nitrogens is 2. The van der Waals surface area contributed by atoms with E-state index in [0.717, 1.165) is 23.3 Å². The molecule has 0 bridgehead atoms. The third-order valence-corrected chi connectivity index (χ3v) is 3.27. The van der Waals surface area contributed by atoms with Crippen LogP contribution >= 0.6 is 0 Å². The van der Waals surface area contributed by atoms with E-state index in [1.165, 1.54) is 12.1 Å². The molecule has 1 heterocycles. The number of imidazole rings is 1. The summed E-state index contributed by atoms with van der Waals surface area (Å²) in [5, 5.41) is 9.39. The molecule has 0 atom stereocenters. The lowest BCUT2D eigenvalue weighted by molar-refractivity contribution is -0.137. The summed E-state index contributed by atoms with van der Waals surface area (Å²) in [5.41, 5.74) is 1.59. The van der Waals surface area contributed by atoms with Crippen LogP contribution in [-0.2, 0) is 6.18 Å². The van der Waals surface area contributed by atoms with Crippen molar-refractivity contribution in [2.75, 3.05) is 0 Å². The lowest BCUT2D eigenvalue weighted by Gasteiger charge is -2.05. The molecular weight excluding hydrogens is 281 g/mol. The number of aromatic hydroxyl groups is 1. The fourth-order valence-corrected chi connectivity index (χ4v) is 2.23. The molecule has 0 spiro atoms. The van der Waals surface area contributed by atoms with Crippen LogP contribution in [0.1, 0.15) is 11.1 Å². The number of nitrogens with zero attached hydrogens (tertiary/aromatic N) is 1. The Kier molecular flexibility index (Phi) is 2.90. The Balaban J connectivity index is 2.13. The van der Waals surface area contributed by atoms with Crippen LogP contribution in [0.4, 0.5) is 13.2 Å². The van der Waals surface area contributed by atoms with Gasteiger partial charge in [0.1, 0.15) is 11.6 Å². The molecule has 0 radical (unpaired) electrons. The van der Waals surface area contributed by atoms with E-state index in [-0.39, 0.29) is 5.75 Å². The summed E-state index contributed by atoms with van der Waals surface area (Å²) in [6, 6.07) is 8.15. The zero-order valence-electron chi connectivity index (χ0n) is 11.0. The number of nitrogens with one attached hydrogen (secondary N) is 1. The van der Waals surface area contributed by atoms with Gasteiger partial charge in [0, 0.05) is 5.56 Å². The molecule has 21 heavy (non-hydrogen) atoms. The van der Waals surface area contributed by atoms with E-state index in [1.54, 1.807) is 19.1 Å². The van der Waals surface area contributed by atoms with Gasteiger partial charge in [0.05, 0.1) is 16.6 Å². The van der Waals surface area contributed by atoms with Crippen LogP contribution in [0.15, 0.2) is 36.4 Å². The third-order valence-electron chi connectivity index (χ3n) is 3.27. The fraction of sp³-hybridized carbons (Fsp3) is 0.133. The van der Waals surface area contributed by atoms with Gasteiger partial charge in [0.15, 0.2) is 0 Å². The van der Waals surface area contributed by atoms with Crippen molar-refractivity contribution in [2.45, 2.75) is 13.1 Å². The summed E-state index contributed by atoms with van der Waals surface area (Å²) >= 11 is 0. The number of fused-ring (bicyclic) bond motifs is 1. The molecule has 0 amide bonds. The van der Waals surface area contributed by atoms with E-state index in [4.69, 9.17) is 0 Å². The molecule has 3 nitrogen and oxygen atoms in total. The number of halogens is 3. The van der Waals surface area contributed by atoms with E-state index >= 15 is 0 Å². The van der Waals surface area contributed by atoms with Crippen LogP contribution in [-0.4, -0.2) is 15.1 Å². The van der Waals surface area contributed by atoms with Gasteiger partial charge < -0.3 is 10.1 Å². The minimum atomic E-state index is -4.38. The minimum Gasteiger partial charge on any atom is -0.508 e. The molecule has 0 saturated heterocycles. The molecule has 3 aromatic rings. The summed E-state index contributed by atoms with van der Waals surface area (Å²) in [5.74, 6) is 0.605. The lowest BCUT2D eigenvalue weighted by Crippen LogP contribution is -2.04. The molecule has 108 valence electrons. The SMILES string of the molecule is Cc1cc(O)ccc1-c1nc2ccc(C(F)(F)F)cc2[nH]1. The van der Waals surface area contributed by atoms with Crippen molar-refractivity contribution in [3.8, 4) is 17.1 Å². The van der Waals surface area contributed by atoms with E-state index < -0.39 is 11.7 Å². The molecule has 0 aliphatic rings. The van der Waals surface area contributed by atoms with Crippen molar-refractivity contribution in [1.29, 1.82) is 0 Å². The quantitative estimate of drug-likeness (QED) is 0.704. The van der Waals surface area contributed by atoms with E-state index in [0.29, 0.717) is 16.9 Å². The van der Waals surface area contributed by atoms with Crippen LogP contribution in [0.5, 0.6) is 5.75 Å². The first-order chi connectivity index (χ1) is 9.84. The van der Waals surface area contributed by atoms with E-state index in [2.05, 4.69) is 9.97 Å². The first-order valence-corrected chi connectivity index (χ1v) is 6.21. The number of rotatable bonds is 1. The first-order valence-electron chi connectivity index (χ1n) is 6.21.